The van der Waals surface area contributed by atoms with Gasteiger partial charge < -0.3 is 10.6 Å². The molecule has 2 aromatic rings. The van der Waals surface area contributed by atoms with Crippen LogP contribution in [0.25, 0.3) is 11.3 Å². The van der Waals surface area contributed by atoms with E-state index in [9.17, 15) is 4.79 Å². The molecule has 3 N–H and O–H groups in total. The van der Waals surface area contributed by atoms with Crippen LogP contribution in [0.2, 0.25) is 0 Å². The lowest BCUT2D eigenvalue weighted by molar-refractivity contribution is -0.121. The molecule has 2 rings (SSSR count). The van der Waals surface area contributed by atoms with Crippen LogP contribution in [0.4, 0.5) is 5.69 Å². The van der Waals surface area contributed by atoms with E-state index in [4.69, 9.17) is 0 Å². The van der Waals surface area contributed by atoms with Crippen molar-refractivity contribution >= 4 is 11.6 Å². The molecule has 0 saturated carbocycles. The molecule has 0 radical (unpaired) electrons. The molecule has 0 fully saturated rings. The fourth-order valence-electron chi connectivity index (χ4n) is 1.96. The highest BCUT2D eigenvalue weighted by Crippen LogP contribution is 2.19. The SMILES string of the molecule is CCNC(C)(C)C(=O)Nc1ccc(-c2ccn[nH]2)cc1. The highest BCUT2D eigenvalue weighted by atomic mass is 16.2. The summed E-state index contributed by atoms with van der Waals surface area (Å²) < 4.78 is 0. The summed E-state index contributed by atoms with van der Waals surface area (Å²) in [4.78, 5) is 12.1. The predicted octanol–water partition coefficient (Wildman–Crippen LogP) is 2.40. The highest BCUT2D eigenvalue weighted by molar-refractivity contribution is 5.97. The summed E-state index contributed by atoms with van der Waals surface area (Å²) in [5.74, 6) is -0.0476. The van der Waals surface area contributed by atoms with Gasteiger partial charge in [-0.25, -0.2) is 0 Å². The van der Waals surface area contributed by atoms with E-state index in [-0.39, 0.29) is 5.91 Å². The number of aromatic nitrogens is 2. The van der Waals surface area contributed by atoms with Crippen LogP contribution < -0.4 is 10.6 Å². The van der Waals surface area contributed by atoms with E-state index in [0.29, 0.717) is 0 Å². The second-order valence-corrected chi connectivity index (χ2v) is 5.16. The molecular weight excluding hydrogens is 252 g/mol. The van der Waals surface area contributed by atoms with E-state index < -0.39 is 5.54 Å². The van der Waals surface area contributed by atoms with Crippen LogP contribution in [-0.4, -0.2) is 28.2 Å². The molecule has 0 bridgehead atoms. The quantitative estimate of drug-likeness (QED) is 0.782. The summed E-state index contributed by atoms with van der Waals surface area (Å²) in [7, 11) is 0. The number of benzene rings is 1. The number of aromatic amines is 1. The van der Waals surface area contributed by atoms with Gasteiger partial charge in [-0.2, -0.15) is 5.10 Å². The van der Waals surface area contributed by atoms with E-state index in [1.807, 2.05) is 51.1 Å². The minimum absolute atomic E-state index is 0.0476. The maximum atomic E-state index is 12.1. The molecule has 106 valence electrons. The number of H-pyrrole nitrogens is 1. The molecule has 0 spiro atoms. The first-order valence-corrected chi connectivity index (χ1v) is 6.69. The van der Waals surface area contributed by atoms with Crippen LogP contribution in [-0.2, 0) is 4.79 Å². The molecular formula is C15H20N4O. The topological polar surface area (TPSA) is 69.8 Å². The Morgan fingerprint density at radius 3 is 2.50 bits per heavy atom. The van der Waals surface area contributed by atoms with Crippen molar-refractivity contribution in [3.63, 3.8) is 0 Å². The second-order valence-electron chi connectivity index (χ2n) is 5.16. The van der Waals surface area contributed by atoms with Crippen molar-refractivity contribution in [2.45, 2.75) is 26.3 Å². The van der Waals surface area contributed by atoms with Crippen molar-refractivity contribution in [1.29, 1.82) is 0 Å². The van der Waals surface area contributed by atoms with Gasteiger partial charge in [0.1, 0.15) is 0 Å². The summed E-state index contributed by atoms with van der Waals surface area (Å²) in [6.45, 7) is 6.46. The lowest BCUT2D eigenvalue weighted by Crippen LogP contribution is -2.49. The first-order valence-electron chi connectivity index (χ1n) is 6.69. The number of nitrogens with zero attached hydrogens (tertiary/aromatic N) is 1. The summed E-state index contributed by atoms with van der Waals surface area (Å²) in [6.07, 6.45) is 1.71. The highest BCUT2D eigenvalue weighted by Gasteiger charge is 2.25. The molecule has 0 aliphatic carbocycles. The Kier molecular flexibility index (Phi) is 4.20. The van der Waals surface area contributed by atoms with Gasteiger partial charge in [0.05, 0.1) is 11.2 Å². The van der Waals surface area contributed by atoms with Crippen molar-refractivity contribution in [1.82, 2.24) is 15.5 Å². The fourth-order valence-corrected chi connectivity index (χ4v) is 1.96. The van der Waals surface area contributed by atoms with Gasteiger partial charge in [-0.05, 0) is 44.2 Å². The molecule has 5 nitrogen and oxygen atoms in total. The normalized spacial score (nSPS) is 11.3. The zero-order chi connectivity index (χ0) is 14.6. The lowest BCUT2D eigenvalue weighted by Gasteiger charge is -2.24. The van der Waals surface area contributed by atoms with E-state index in [1.54, 1.807) is 6.20 Å². The number of carbonyl (C=O) groups excluding carboxylic acids is 1. The average Bonchev–Trinajstić information content (AvgIpc) is 2.93. The van der Waals surface area contributed by atoms with Gasteiger partial charge in [-0.3, -0.25) is 9.89 Å². The van der Waals surface area contributed by atoms with Crippen LogP contribution >= 0.6 is 0 Å². The van der Waals surface area contributed by atoms with Crippen molar-refractivity contribution < 1.29 is 4.79 Å². The minimum atomic E-state index is -0.587. The number of amides is 1. The minimum Gasteiger partial charge on any atom is -0.325 e. The Hall–Kier alpha value is -2.14. The number of hydrogen-bond donors (Lipinski definition) is 3. The maximum Gasteiger partial charge on any atom is 0.244 e. The van der Waals surface area contributed by atoms with Crippen molar-refractivity contribution in [2.75, 3.05) is 11.9 Å². The monoisotopic (exact) mass is 272 g/mol. The summed E-state index contributed by atoms with van der Waals surface area (Å²) in [6, 6.07) is 9.57. The number of likely N-dealkylation sites (N-methyl/N-ethyl adjacent to an activating group) is 1. The maximum absolute atomic E-state index is 12.1. The number of nitrogens with one attached hydrogen (secondary N) is 3. The van der Waals surface area contributed by atoms with Crippen LogP contribution in [0, 0.1) is 0 Å². The Labute approximate surface area is 118 Å². The zero-order valence-electron chi connectivity index (χ0n) is 12.0. The predicted molar refractivity (Wildman–Crippen MR) is 80.4 cm³/mol. The van der Waals surface area contributed by atoms with Crippen LogP contribution in [0.1, 0.15) is 20.8 Å². The molecule has 0 saturated heterocycles. The second kappa shape index (κ2) is 5.88. The molecule has 1 heterocycles. The van der Waals surface area contributed by atoms with Gasteiger partial charge in [-0.15, -0.1) is 0 Å². The standard InChI is InChI=1S/C15H20N4O/c1-4-16-15(2,3)14(20)18-12-7-5-11(6-8-12)13-9-10-17-19-13/h5-10,16H,4H2,1-3H3,(H,17,19)(H,18,20). The number of anilines is 1. The van der Waals surface area contributed by atoms with Gasteiger partial charge >= 0.3 is 0 Å². The first-order chi connectivity index (χ1) is 9.53. The van der Waals surface area contributed by atoms with Gasteiger partial charge in [0.25, 0.3) is 0 Å². The largest absolute Gasteiger partial charge is 0.325 e. The van der Waals surface area contributed by atoms with Gasteiger partial charge in [-0.1, -0.05) is 19.1 Å². The molecule has 0 aliphatic rings. The molecule has 1 aromatic carbocycles. The zero-order valence-corrected chi connectivity index (χ0v) is 12.0. The third-order valence-electron chi connectivity index (χ3n) is 3.14. The third kappa shape index (κ3) is 3.24. The Morgan fingerprint density at radius 2 is 1.95 bits per heavy atom. The molecule has 5 heteroatoms. The van der Waals surface area contributed by atoms with Crippen molar-refractivity contribution in [3.05, 3.63) is 36.5 Å². The molecule has 1 aromatic heterocycles. The van der Waals surface area contributed by atoms with Crippen molar-refractivity contribution in [2.24, 2.45) is 0 Å². The molecule has 0 atom stereocenters. The summed E-state index contributed by atoms with van der Waals surface area (Å²) >= 11 is 0. The lowest BCUT2D eigenvalue weighted by atomic mass is 10.0. The van der Waals surface area contributed by atoms with E-state index in [1.165, 1.54) is 0 Å². The molecule has 0 unspecified atom stereocenters. The summed E-state index contributed by atoms with van der Waals surface area (Å²) in [5.41, 5.74) is 2.18. The van der Waals surface area contributed by atoms with Gasteiger partial charge in [0.2, 0.25) is 5.91 Å². The van der Waals surface area contributed by atoms with E-state index in [2.05, 4.69) is 20.8 Å². The fraction of sp³-hybridized carbons (Fsp3) is 0.333. The average molecular weight is 272 g/mol. The number of carbonyl (C=O) groups is 1. The van der Waals surface area contributed by atoms with Gasteiger partial charge in [0, 0.05) is 11.9 Å². The van der Waals surface area contributed by atoms with Crippen LogP contribution in [0.5, 0.6) is 0 Å². The Bertz CT molecular complexity index is 558. The smallest absolute Gasteiger partial charge is 0.244 e. The van der Waals surface area contributed by atoms with E-state index >= 15 is 0 Å². The number of hydrogen-bond acceptors (Lipinski definition) is 3. The molecule has 20 heavy (non-hydrogen) atoms. The molecule has 0 aliphatic heterocycles. The Balaban J connectivity index is 2.06. The third-order valence-corrected chi connectivity index (χ3v) is 3.14. The summed E-state index contributed by atoms with van der Waals surface area (Å²) in [5, 5.41) is 12.9. The van der Waals surface area contributed by atoms with Crippen molar-refractivity contribution in [3.8, 4) is 11.3 Å². The van der Waals surface area contributed by atoms with E-state index in [0.717, 1.165) is 23.5 Å². The molecule has 1 amide bonds. The van der Waals surface area contributed by atoms with Crippen LogP contribution in [0.3, 0.4) is 0 Å². The first kappa shape index (κ1) is 14.3. The van der Waals surface area contributed by atoms with Gasteiger partial charge in [0.15, 0.2) is 0 Å². The number of rotatable bonds is 5. The Morgan fingerprint density at radius 1 is 1.25 bits per heavy atom. The van der Waals surface area contributed by atoms with Crippen LogP contribution in [0.15, 0.2) is 36.5 Å².